The van der Waals surface area contributed by atoms with Crippen molar-refractivity contribution in [1.29, 1.82) is 0 Å². The SMILES string of the molecule is Cc1c(Cc2cc(O)ccc2Cl)c2ccc(C(=O)N[C@@H](C)c3ccc(C(C)(C)C)cc3)cc2n1C. The summed E-state index contributed by atoms with van der Waals surface area (Å²) in [5.41, 5.74) is 7.16. The fourth-order valence-corrected chi connectivity index (χ4v) is 4.71. The van der Waals surface area contributed by atoms with Gasteiger partial charge in [-0.2, -0.15) is 0 Å². The first-order chi connectivity index (χ1) is 16.5. The van der Waals surface area contributed by atoms with E-state index in [0.29, 0.717) is 17.0 Å². The Morgan fingerprint density at radius 1 is 1.06 bits per heavy atom. The highest BCUT2D eigenvalue weighted by Gasteiger charge is 2.18. The molecule has 5 heteroatoms. The van der Waals surface area contributed by atoms with Crippen LogP contribution >= 0.6 is 11.6 Å². The van der Waals surface area contributed by atoms with Gasteiger partial charge >= 0.3 is 0 Å². The number of aryl methyl sites for hydroxylation is 1. The van der Waals surface area contributed by atoms with Gasteiger partial charge in [-0.1, -0.05) is 62.7 Å². The van der Waals surface area contributed by atoms with Crippen molar-refractivity contribution in [2.24, 2.45) is 7.05 Å². The highest BCUT2D eigenvalue weighted by atomic mass is 35.5. The summed E-state index contributed by atoms with van der Waals surface area (Å²) in [7, 11) is 2.01. The van der Waals surface area contributed by atoms with Gasteiger partial charge in [-0.15, -0.1) is 0 Å². The molecule has 2 N–H and O–H groups in total. The topological polar surface area (TPSA) is 54.3 Å². The third-order valence-electron chi connectivity index (χ3n) is 6.91. The lowest BCUT2D eigenvalue weighted by atomic mass is 9.86. The lowest BCUT2D eigenvalue weighted by Crippen LogP contribution is -2.26. The van der Waals surface area contributed by atoms with Gasteiger partial charge in [0.1, 0.15) is 5.75 Å². The van der Waals surface area contributed by atoms with Crippen LogP contribution < -0.4 is 5.32 Å². The molecule has 0 aliphatic carbocycles. The lowest BCUT2D eigenvalue weighted by molar-refractivity contribution is 0.0940. The van der Waals surface area contributed by atoms with Crippen LogP contribution in [0.4, 0.5) is 0 Å². The number of rotatable bonds is 5. The molecule has 3 aromatic carbocycles. The smallest absolute Gasteiger partial charge is 0.251 e. The van der Waals surface area contributed by atoms with Crippen LogP contribution in [-0.4, -0.2) is 15.6 Å². The molecule has 35 heavy (non-hydrogen) atoms. The number of amides is 1. The van der Waals surface area contributed by atoms with Gasteiger partial charge in [0.2, 0.25) is 0 Å². The third kappa shape index (κ3) is 5.08. The standard InChI is InChI=1S/C30H33ClN2O2/c1-18(20-7-10-23(11-8-20)30(3,4)5)32-29(35)21-9-13-25-26(19(2)33(6)28(25)17-21)16-22-15-24(34)12-14-27(22)31/h7-15,17-18,34H,16H2,1-6H3,(H,32,35)/t18-/m0/s1. The summed E-state index contributed by atoms with van der Waals surface area (Å²) in [6.07, 6.45) is 0.601. The molecule has 0 fully saturated rings. The van der Waals surface area contributed by atoms with Crippen LogP contribution in [0.3, 0.4) is 0 Å². The average Bonchev–Trinajstić information content (AvgIpc) is 3.05. The minimum atomic E-state index is -0.106. The van der Waals surface area contributed by atoms with Gasteiger partial charge in [-0.3, -0.25) is 4.79 Å². The van der Waals surface area contributed by atoms with Crippen molar-refractivity contribution in [1.82, 2.24) is 9.88 Å². The Morgan fingerprint density at radius 2 is 1.74 bits per heavy atom. The van der Waals surface area contributed by atoms with E-state index in [9.17, 15) is 9.90 Å². The van der Waals surface area contributed by atoms with Crippen LogP contribution in [0.15, 0.2) is 60.7 Å². The number of nitrogens with one attached hydrogen (secondary N) is 1. The van der Waals surface area contributed by atoms with Crippen LogP contribution in [0.25, 0.3) is 10.9 Å². The number of phenolic OH excluding ortho intramolecular Hbond substituents is 1. The second kappa shape index (κ2) is 9.43. The van der Waals surface area contributed by atoms with Crippen LogP contribution in [0, 0.1) is 6.92 Å². The lowest BCUT2D eigenvalue weighted by Gasteiger charge is -2.20. The van der Waals surface area contributed by atoms with Crippen molar-refractivity contribution in [2.75, 3.05) is 0 Å². The van der Waals surface area contributed by atoms with Crippen LogP contribution in [0.2, 0.25) is 5.02 Å². The molecule has 0 spiro atoms. The fourth-order valence-electron chi connectivity index (χ4n) is 4.53. The Bertz CT molecular complexity index is 1390. The van der Waals surface area contributed by atoms with Crippen molar-refractivity contribution >= 4 is 28.4 Å². The second-order valence-electron chi connectivity index (χ2n) is 10.4. The molecule has 0 saturated carbocycles. The Hall–Kier alpha value is -3.24. The average molecular weight is 489 g/mol. The van der Waals surface area contributed by atoms with E-state index in [2.05, 4.69) is 61.8 Å². The first-order valence-electron chi connectivity index (χ1n) is 11.9. The largest absolute Gasteiger partial charge is 0.508 e. The van der Waals surface area contributed by atoms with Gasteiger partial charge in [-0.05, 0) is 71.8 Å². The van der Waals surface area contributed by atoms with Crippen molar-refractivity contribution in [3.8, 4) is 5.75 Å². The third-order valence-corrected chi connectivity index (χ3v) is 7.28. The van der Waals surface area contributed by atoms with Crippen molar-refractivity contribution in [2.45, 2.75) is 52.5 Å². The minimum Gasteiger partial charge on any atom is -0.508 e. The molecule has 1 amide bonds. The summed E-state index contributed by atoms with van der Waals surface area (Å²) in [5.74, 6) is 0.0964. The first-order valence-corrected chi connectivity index (χ1v) is 12.3. The molecule has 1 heterocycles. The van der Waals surface area contributed by atoms with Crippen molar-refractivity contribution < 1.29 is 9.90 Å². The molecule has 0 radical (unpaired) electrons. The maximum Gasteiger partial charge on any atom is 0.251 e. The summed E-state index contributed by atoms with van der Waals surface area (Å²) < 4.78 is 2.10. The minimum absolute atomic E-state index is 0.0959. The molecule has 4 rings (SSSR count). The van der Waals surface area contributed by atoms with Crippen LogP contribution in [-0.2, 0) is 18.9 Å². The number of nitrogens with zero attached hydrogens (tertiary/aromatic N) is 1. The summed E-state index contributed by atoms with van der Waals surface area (Å²) in [6, 6.07) is 19.2. The quantitative estimate of drug-likeness (QED) is 0.311. The summed E-state index contributed by atoms with van der Waals surface area (Å²) in [6.45, 7) is 10.6. The molecule has 0 aliphatic rings. The molecule has 1 atom stereocenters. The zero-order valence-electron chi connectivity index (χ0n) is 21.2. The zero-order valence-corrected chi connectivity index (χ0v) is 22.0. The summed E-state index contributed by atoms with van der Waals surface area (Å²) >= 11 is 6.38. The van der Waals surface area contributed by atoms with E-state index in [-0.39, 0.29) is 23.1 Å². The molecule has 0 aliphatic heterocycles. The van der Waals surface area contributed by atoms with E-state index in [0.717, 1.165) is 33.3 Å². The molecular formula is C30H33ClN2O2. The van der Waals surface area contributed by atoms with Crippen LogP contribution in [0.1, 0.15) is 72.0 Å². The molecule has 0 bridgehead atoms. The normalized spacial score (nSPS) is 12.7. The van der Waals surface area contributed by atoms with E-state index in [1.165, 1.54) is 5.56 Å². The zero-order chi connectivity index (χ0) is 25.5. The van der Waals surface area contributed by atoms with E-state index in [1.54, 1.807) is 18.2 Å². The highest BCUT2D eigenvalue weighted by molar-refractivity contribution is 6.31. The van der Waals surface area contributed by atoms with Crippen LogP contribution in [0.5, 0.6) is 5.75 Å². The van der Waals surface area contributed by atoms with Gasteiger partial charge in [0, 0.05) is 40.7 Å². The Kier molecular flexibility index (Phi) is 6.70. The van der Waals surface area contributed by atoms with Gasteiger partial charge in [0.05, 0.1) is 6.04 Å². The number of carbonyl (C=O) groups excluding carboxylic acids is 1. The molecule has 4 aromatic rings. The number of hydrogen-bond donors (Lipinski definition) is 2. The second-order valence-corrected chi connectivity index (χ2v) is 10.8. The highest BCUT2D eigenvalue weighted by Crippen LogP contribution is 2.31. The maximum absolute atomic E-state index is 13.1. The molecule has 182 valence electrons. The van der Waals surface area contributed by atoms with E-state index in [4.69, 9.17) is 11.6 Å². The predicted octanol–water partition coefficient (Wildman–Crippen LogP) is 7.23. The molecule has 1 aromatic heterocycles. The number of carbonyl (C=O) groups is 1. The Morgan fingerprint density at radius 3 is 2.40 bits per heavy atom. The monoisotopic (exact) mass is 488 g/mol. The fraction of sp³-hybridized carbons (Fsp3) is 0.300. The molecule has 0 saturated heterocycles. The number of fused-ring (bicyclic) bond motifs is 1. The van der Waals surface area contributed by atoms with Crippen molar-refractivity contribution in [3.63, 3.8) is 0 Å². The molecule has 0 unspecified atom stereocenters. The first kappa shape index (κ1) is 24.9. The number of aromatic hydroxyl groups is 1. The van der Waals surface area contributed by atoms with Gasteiger partial charge < -0.3 is 15.0 Å². The maximum atomic E-state index is 13.1. The summed E-state index contributed by atoms with van der Waals surface area (Å²) in [4.78, 5) is 13.1. The van der Waals surface area contributed by atoms with E-state index < -0.39 is 0 Å². The Balaban J connectivity index is 1.58. The summed E-state index contributed by atoms with van der Waals surface area (Å²) in [5, 5.41) is 14.7. The number of phenols is 1. The van der Waals surface area contributed by atoms with Crippen molar-refractivity contribution in [3.05, 3.63) is 99.2 Å². The molecular weight excluding hydrogens is 456 g/mol. The predicted molar refractivity (Wildman–Crippen MR) is 145 cm³/mol. The van der Waals surface area contributed by atoms with Gasteiger partial charge in [0.15, 0.2) is 0 Å². The number of aromatic nitrogens is 1. The van der Waals surface area contributed by atoms with E-state index in [1.807, 2.05) is 32.2 Å². The number of halogens is 1. The van der Waals surface area contributed by atoms with E-state index >= 15 is 0 Å². The van der Waals surface area contributed by atoms with Gasteiger partial charge in [-0.25, -0.2) is 0 Å². The number of benzene rings is 3. The number of hydrogen-bond acceptors (Lipinski definition) is 2. The van der Waals surface area contributed by atoms with Gasteiger partial charge in [0.25, 0.3) is 5.91 Å². The molecule has 4 nitrogen and oxygen atoms in total. The Labute approximate surface area is 212 Å².